The van der Waals surface area contributed by atoms with Crippen LogP contribution in [0.4, 0.5) is 13.2 Å². The van der Waals surface area contributed by atoms with Gasteiger partial charge >= 0.3 is 12.1 Å². The summed E-state index contributed by atoms with van der Waals surface area (Å²) in [6, 6.07) is 1.85. The van der Waals surface area contributed by atoms with Crippen molar-refractivity contribution in [3.05, 3.63) is 23.3 Å². The van der Waals surface area contributed by atoms with E-state index in [1.54, 1.807) is 12.1 Å². The molecule has 2 aliphatic heterocycles. The summed E-state index contributed by atoms with van der Waals surface area (Å²) in [5, 5.41) is 2.40. The molecule has 1 aliphatic carbocycles. The zero-order chi connectivity index (χ0) is 21.0. The largest absolute Gasteiger partial charge is 0.471 e. The van der Waals surface area contributed by atoms with Crippen molar-refractivity contribution < 1.29 is 37.0 Å². The van der Waals surface area contributed by atoms with Gasteiger partial charge in [-0.2, -0.15) is 13.2 Å². The number of halogens is 3. The maximum absolute atomic E-state index is 13.4. The van der Waals surface area contributed by atoms with Gasteiger partial charge in [0.1, 0.15) is 11.8 Å². The third-order valence-electron chi connectivity index (χ3n) is 6.01. The SMILES string of the molecule is CNC(=O)C1N(C(=O)C(F)(F)F)Cc2cc3c(cc2C12CCC(=O)CC2)OCO3. The number of nitrogens with zero attached hydrogens (tertiary/aromatic N) is 1. The van der Waals surface area contributed by atoms with E-state index in [0.717, 1.165) is 0 Å². The van der Waals surface area contributed by atoms with Crippen LogP contribution in [0.3, 0.4) is 0 Å². The normalized spacial score (nSPS) is 22.4. The zero-order valence-corrected chi connectivity index (χ0v) is 15.6. The number of amides is 2. The van der Waals surface area contributed by atoms with Crippen LogP contribution in [0.15, 0.2) is 12.1 Å². The molecular formula is C19H19F3N2O5. The summed E-state index contributed by atoms with van der Waals surface area (Å²) in [7, 11) is 1.31. The van der Waals surface area contributed by atoms with Crippen molar-refractivity contribution in [2.45, 2.75) is 49.9 Å². The summed E-state index contributed by atoms with van der Waals surface area (Å²) in [6.45, 7) is -0.411. The van der Waals surface area contributed by atoms with Gasteiger partial charge in [0.15, 0.2) is 11.5 Å². The number of ether oxygens (including phenoxy) is 2. The third-order valence-corrected chi connectivity index (χ3v) is 6.01. The lowest BCUT2D eigenvalue weighted by Gasteiger charge is -2.51. The summed E-state index contributed by atoms with van der Waals surface area (Å²) in [4.78, 5) is 37.6. The van der Waals surface area contributed by atoms with E-state index in [1.165, 1.54) is 7.05 Å². The molecule has 1 unspecified atom stereocenters. The van der Waals surface area contributed by atoms with E-state index in [4.69, 9.17) is 9.47 Å². The van der Waals surface area contributed by atoms with Gasteiger partial charge < -0.3 is 19.7 Å². The molecule has 1 fully saturated rings. The van der Waals surface area contributed by atoms with Crippen LogP contribution in [0, 0.1) is 0 Å². The van der Waals surface area contributed by atoms with Gasteiger partial charge in [-0.05, 0) is 36.1 Å². The Bertz CT molecular complexity index is 889. The summed E-state index contributed by atoms with van der Waals surface area (Å²) in [5.74, 6) is -1.98. The van der Waals surface area contributed by atoms with Gasteiger partial charge in [-0.25, -0.2) is 0 Å². The highest BCUT2D eigenvalue weighted by Gasteiger charge is 2.57. The van der Waals surface area contributed by atoms with E-state index < -0.39 is 36.0 Å². The highest BCUT2D eigenvalue weighted by atomic mass is 19.4. The predicted molar refractivity (Wildman–Crippen MR) is 92.2 cm³/mol. The number of carbonyl (C=O) groups excluding carboxylic acids is 3. The van der Waals surface area contributed by atoms with Crippen LogP contribution in [-0.4, -0.2) is 48.6 Å². The molecule has 4 rings (SSSR count). The highest BCUT2D eigenvalue weighted by Crippen LogP contribution is 2.51. The topological polar surface area (TPSA) is 84.9 Å². The maximum atomic E-state index is 13.4. The van der Waals surface area contributed by atoms with Gasteiger partial charge in [-0.15, -0.1) is 0 Å². The van der Waals surface area contributed by atoms with Crippen molar-refractivity contribution in [1.29, 1.82) is 0 Å². The number of benzene rings is 1. The van der Waals surface area contributed by atoms with Crippen molar-refractivity contribution in [2.24, 2.45) is 0 Å². The fraction of sp³-hybridized carbons (Fsp3) is 0.526. The molecule has 10 heteroatoms. The molecule has 7 nitrogen and oxygen atoms in total. The monoisotopic (exact) mass is 412 g/mol. The Hall–Kier alpha value is -2.78. The lowest BCUT2D eigenvalue weighted by molar-refractivity contribution is -0.192. The van der Waals surface area contributed by atoms with Crippen molar-refractivity contribution in [3.63, 3.8) is 0 Å². The Morgan fingerprint density at radius 2 is 1.79 bits per heavy atom. The first kappa shape index (κ1) is 19.5. The quantitative estimate of drug-likeness (QED) is 0.761. The average molecular weight is 412 g/mol. The maximum Gasteiger partial charge on any atom is 0.471 e. The van der Waals surface area contributed by atoms with Crippen molar-refractivity contribution in [1.82, 2.24) is 10.2 Å². The van der Waals surface area contributed by atoms with Gasteiger partial charge in [-0.3, -0.25) is 14.4 Å². The smallest absolute Gasteiger partial charge is 0.454 e. The van der Waals surface area contributed by atoms with Gasteiger partial charge in [0.05, 0.1) is 0 Å². The predicted octanol–water partition coefficient (Wildman–Crippen LogP) is 1.82. The molecule has 1 aromatic rings. The first-order valence-corrected chi connectivity index (χ1v) is 9.21. The summed E-state index contributed by atoms with van der Waals surface area (Å²) in [5.41, 5.74) is -0.0286. The second-order valence-corrected chi connectivity index (χ2v) is 7.51. The molecule has 0 aromatic heterocycles. The molecular weight excluding hydrogens is 393 g/mol. The zero-order valence-electron chi connectivity index (χ0n) is 15.6. The van der Waals surface area contributed by atoms with Gasteiger partial charge in [0, 0.05) is 31.8 Å². The van der Waals surface area contributed by atoms with Crippen LogP contribution in [0.2, 0.25) is 0 Å². The number of likely N-dealkylation sites (N-methyl/N-ethyl adjacent to an activating group) is 1. The second kappa shape index (κ2) is 6.64. The Morgan fingerprint density at radius 3 is 2.38 bits per heavy atom. The Labute approximate surface area is 164 Å². The Morgan fingerprint density at radius 1 is 1.17 bits per heavy atom. The number of rotatable bonds is 1. The fourth-order valence-corrected chi connectivity index (χ4v) is 4.70. The standard InChI is InChI=1S/C19H19F3N2O5/c1-23-16(26)15-18(4-2-11(25)3-5-18)12-7-14-13(28-9-29-14)6-10(12)8-24(15)17(27)19(20,21)22/h6-7,15H,2-5,8-9H2,1H3,(H,23,26). The number of carbonyl (C=O) groups is 3. The van der Waals surface area contributed by atoms with E-state index in [1.807, 2.05) is 0 Å². The van der Waals surface area contributed by atoms with Crippen LogP contribution in [-0.2, 0) is 26.3 Å². The highest BCUT2D eigenvalue weighted by molar-refractivity contribution is 5.92. The second-order valence-electron chi connectivity index (χ2n) is 7.51. The van der Waals surface area contributed by atoms with Crippen molar-refractivity contribution in [3.8, 4) is 11.5 Å². The van der Waals surface area contributed by atoms with Crippen LogP contribution >= 0.6 is 0 Å². The number of Topliss-reactive ketones (excluding diaryl/α,β-unsaturated/α-hetero) is 1. The van der Waals surface area contributed by atoms with Crippen molar-refractivity contribution in [2.75, 3.05) is 13.8 Å². The third kappa shape index (κ3) is 3.01. The number of ketones is 1. The number of nitrogens with one attached hydrogen (secondary N) is 1. The molecule has 156 valence electrons. The van der Waals surface area contributed by atoms with E-state index in [0.29, 0.717) is 27.5 Å². The summed E-state index contributed by atoms with van der Waals surface area (Å²) >= 11 is 0. The van der Waals surface area contributed by atoms with E-state index in [-0.39, 0.29) is 38.3 Å². The Kier molecular flexibility index (Phi) is 4.47. The average Bonchev–Trinajstić information content (AvgIpc) is 3.14. The lowest BCUT2D eigenvalue weighted by Crippen LogP contribution is -2.64. The molecule has 1 saturated carbocycles. The minimum Gasteiger partial charge on any atom is -0.454 e. The summed E-state index contributed by atoms with van der Waals surface area (Å²) in [6.07, 6.45) is -4.56. The molecule has 1 atom stereocenters. The molecule has 0 radical (unpaired) electrons. The first-order valence-electron chi connectivity index (χ1n) is 9.21. The molecule has 1 spiro atoms. The molecule has 1 aromatic carbocycles. The van der Waals surface area contributed by atoms with Gasteiger partial charge in [0.25, 0.3) is 0 Å². The number of fused-ring (bicyclic) bond motifs is 3. The van der Waals surface area contributed by atoms with E-state index >= 15 is 0 Å². The van der Waals surface area contributed by atoms with Crippen LogP contribution < -0.4 is 14.8 Å². The minimum atomic E-state index is -5.13. The lowest BCUT2D eigenvalue weighted by atomic mass is 9.61. The molecule has 0 bridgehead atoms. The molecule has 0 saturated heterocycles. The number of alkyl halides is 3. The molecule has 29 heavy (non-hydrogen) atoms. The van der Waals surface area contributed by atoms with E-state index in [2.05, 4.69) is 5.32 Å². The van der Waals surface area contributed by atoms with Gasteiger partial charge in [0.2, 0.25) is 12.7 Å². The number of hydrogen-bond acceptors (Lipinski definition) is 5. The molecule has 3 aliphatic rings. The van der Waals surface area contributed by atoms with Crippen LogP contribution in [0.25, 0.3) is 0 Å². The first-order chi connectivity index (χ1) is 13.7. The fourth-order valence-electron chi connectivity index (χ4n) is 4.70. The summed E-state index contributed by atoms with van der Waals surface area (Å²) < 4.78 is 50.9. The van der Waals surface area contributed by atoms with Crippen LogP contribution in [0.1, 0.15) is 36.8 Å². The molecule has 2 heterocycles. The Balaban J connectivity index is 1.92. The molecule has 2 amide bonds. The van der Waals surface area contributed by atoms with Crippen LogP contribution in [0.5, 0.6) is 11.5 Å². The van der Waals surface area contributed by atoms with E-state index in [9.17, 15) is 27.6 Å². The molecule has 1 N–H and O–H groups in total. The minimum absolute atomic E-state index is 0.0201. The number of hydrogen-bond donors (Lipinski definition) is 1. The van der Waals surface area contributed by atoms with Crippen molar-refractivity contribution >= 4 is 17.6 Å². The van der Waals surface area contributed by atoms with Gasteiger partial charge in [-0.1, -0.05) is 0 Å².